The Morgan fingerprint density at radius 1 is 1.15 bits per heavy atom. The zero-order valence-corrected chi connectivity index (χ0v) is 17.8. The lowest BCUT2D eigenvalue weighted by atomic mass is 9.76. The zero-order valence-electron chi connectivity index (χ0n) is 16.9. The van der Waals surface area contributed by atoms with E-state index in [0.29, 0.717) is 32.7 Å². The van der Waals surface area contributed by atoms with Gasteiger partial charge in [0.25, 0.3) is 0 Å². The van der Waals surface area contributed by atoms with Crippen LogP contribution in [0.15, 0.2) is 0 Å². The van der Waals surface area contributed by atoms with E-state index in [0.717, 1.165) is 0 Å². The molecule has 2 rings (SSSR count). The van der Waals surface area contributed by atoms with Crippen molar-refractivity contribution in [2.24, 2.45) is 5.73 Å². The molecule has 2 atom stereocenters. The van der Waals surface area contributed by atoms with Crippen molar-refractivity contribution in [3.8, 4) is 0 Å². The van der Waals surface area contributed by atoms with Gasteiger partial charge in [-0.05, 0) is 34.1 Å². The summed E-state index contributed by atoms with van der Waals surface area (Å²) in [6, 6.07) is -0.901. The fraction of sp³-hybridized carbons (Fsp3) is 0.882. The number of carbonyl (C=O) groups is 2. The van der Waals surface area contributed by atoms with E-state index in [1.807, 2.05) is 34.6 Å². The molecular formula is C17H33BClN3O5. The van der Waals surface area contributed by atoms with E-state index in [-0.39, 0.29) is 36.6 Å². The van der Waals surface area contributed by atoms with Gasteiger partial charge in [-0.1, -0.05) is 6.92 Å². The first-order chi connectivity index (χ1) is 12.1. The summed E-state index contributed by atoms with van der Waals surface area (Å²) in [5.41, 5.74) is 5.02. The normalized spacial score (nSPS) is 23.3. The van der Waals surface area contributed by atoms with Crippen LogP contribution in [0.1, 0.15) is 47.5 Å². The SMILES string of the molecule is CC[C@H](NC(=O)C(N)CC(=O)N1CCOCC1)B1OC(C)(C)C(C)(C)O1.Cl. The maximum atomic E-state index is 12.5. The lowest BCUT2D eigenvalue weighted by Crippen LogP contribution is -2.53. The molecule has 27 heavy (non-hydrogen) atoms. The van der Waals surface area contributed by atoms with Gasteiger partial charge in [-0.2, -0.15) is 0 Å². The van der Waals surface area contributed by atoms with Crippen LogP contribution in [0.2, 0.25) is 0 Å². The molecule has 2 heterocycles. The number of rotatable bonds is 6. The summed E-state index contributed by atoms with van der Waals surface area (Å²) in [6.45, 7) is 11.9. The summed E-state index contributed by atoms with van der Waals surface area (Å²) in [5, 5.41) is 2.88. The predicted octanol–water partition coefficient (Wildman–Crippen LogP) is 0.511. The van der Waals surface area contributed by atoms with Crippen LogP contribution in [-0.4, -0.2) is 73.3 Å². The molecule has 8 nitrogen and oxygen atoms in total. The summed E-state index contributed by atoms with van der Waals surface area (Å²) in [7, 11) is -0.545. The molecule has 0 bridgehead atoms. The molecule has 0 aromatic heterocycles. The molecule has 3 N–H and O–H groups in total. The van der Waals surface area contributed by atoms with E-state index in [9.17, 15) is 9.59 Å². The van der Waals surface area contributed by atoms with Gasteiger partial charge in [0, 0.05) is 13.1 Å². The number of halogens is 1. The Hall–Kier alpha value is -0.865. The third kappa shape index (κ3) is 5.81. The number of ether oxygens (including phenoxy) is 1. The number of carbonyl (C=O) groups excluding carboxylic acids is 2. The van der Waals surface area contributed by atoms with E-state index in [1.165, 1.54) is 0 Å². The van der Waals surface area contributed by atoms with Gasteiger partial charge in [0.15, 0.2) is 0 Å². The largest absolute Gasteiger partial charge is 0.481 e. The highest BCUT2D eigenvalue weighted by molar-refractivity contribution is 6.48. The molecule has 1 unspecified atom stereocenters. The van der Waals surface area contributed by atoms with Crippen LogP contribution < -0.4 is 11.1 Å². The van der Waals surface area contributed by atoms with Crippen LogP contribution in [0.5, 0.6) is 0 Å². The lowest BCUT2D eigenvalue weighted by Gasteiger charge is -2.32. The Morgan fingerprint density at radius 2 is 1.67 bits per heavy atom. The van der Waals surface area contributed by atoms with Crippen molar-refractivity contribution < 1.29 is 23.6 Å². The number of nitrogens with one attached hydrogen (secondary N) is 1. The summed E-state index contributed by atoms with van der Waals surface area (Å²) >= 11 is 0. The van der Waals surface area contributed by atoms with Crippen LogP contribution in [0.3, 0.4) is 0 Å². The molecule has 156 valence electrons. The van der Waals surface area contributed by atoms with E-state index < -0.39 is 24.4 Å². The number of morpholine rings is 1. The molecule has 2 amide bonds. The van der Waals surface area contributed by atoms with Gasteiger partial charge in [0.05, 0.1) is 42.8 Å². The third-order valence-corrected chi connectivity index (χ3v) is 5.46. The lowest BCUT2D eigenvalue weighted by molar-refractivity contribution is -0.137. The molecule has 0 spiro atoms. The number of hydrogen-bond acceptors (Lipinski definition) is 6. The Bertz CT molecular complexity index is 513. The van der Waals surface area contributed by atoms with E-state index in [4.69, 9.17) is 19.8 Å². The number of amides is 2. The van der Waals surface area contributed by atoms with Crippen molar-refractivity contribution in [3.05, 3.63) is 0 Å². The van der Waals surface area contributed by atoms with Crippen LogP contribution >= 0.6 is 12.4 Å². The summed E-state index contributed by atoms with van der Waals surface area (Å²) in [4.78, 5) is 26.4. The Balaban J connectivity index is 0.00000364. The minimum atomic E-state index is -0.901. The molecule has 2 aliphatic rings. The highest BCUT2D eigenvalue weighted by Gasteiger charge is 2.53. The predicted molar refractivity (Wildman–Crippen MR) is 106 cm³/mol. The van der Waals surface area contributed by atoms with Crippen molar-refractivity contribution in [2.45, 2.75) is 70.6 Å². The quantitative estimate of drug-likeness (QED) is 0.624. The van der Waals surface area contributed by atoms with Crippen LogP contribution in [0, 0.1) is 0 Å². The van der Waals surface area contributed by atoms with E-state index >= 15 is 0 Å². The molecule has 0 aromatic rings. The number of nitrogens with two attached hydrogens (primary N) is 1. The minimum Gasteiger partial charge on any atom is -0.402 e. The zero-order chi connectivity index (χ0) is 19.5. The fourth-order valence-electron chi connectivity index (χ4n) is 2.93. The van der Waals surface area contributed by atoms with Crippen molar-refractivity contribution in [1.29, 1.82) is 0 Å². The maximum absolute atomic E-state index is 12.5. The molecule has 0 aliphatic carbocycles. The average Bonchev–Trinajstić information content (AvgIpc) is 2.80. The Kier molecular flexibility index (Phi) is 8.56. The summed E-state index contributed by atoms with van der Waals surface area (Å²) < 4.78 is 17.2. The Labute approximate surface area is 168 Å². The standard InChI is InChI=1S/C17H32BN3O5.ClH/c1-6-13(18-25-16(2,3)17(4,5)26-18)20-15(23)12(19)11-14(22)21-7-9-24-10-8-21;/h12-13H,6-11,19H2,1-5H3,(H,20,23);1H/t12?,13-;/m0./s1. The summed E-state index contributed by atoms with van der Waals surface area (Å²) in [5.74, 6) is -0.819. The molecular weight excluding hydrogens is 372 g/mol. The molecule has 0 saturated carbocycles. The van der Waals surface area contributed by atoms with E-state index in [1.54, 1.807) is 4.90 Å². The fourth-order valence-corrected chi connectivity index (χ4v) is 2.93. The first-order valence-electron chi connectivity index (χ1n) is 9.34. The van der Waals surface area contributed by atoms with Gasteiger partial charge in [0.1, 0.15) is 0 Å². The molecule has 2 saturated heterocycles. The van der Waals surface area contributed by atoms with Crippen molar-refractivity contribution >= 4 is 31.3 Å². The van der Waals surface area contributed by atoms with Gasteiger partial charge in [0.2, 0.25) is 11.8 Å². The van der Waals surface area contributed by atoms with E-state index in [2.05, 4.69) is 5.32 Å². The molecule has 0 radical (unpaired) electrons. The van der Waals surface area contributed by atoms with Gasteiger partial charge in [-0.15, -0.1) is 12.4 Å². The van der Waals surface area contributed by atoms with Crippen molar-refractivity contribution in [2.75, 3.05) is 26.3 Å². The second-order valence-corrected chi connectivity index (χ2v) is 7.95. The van der Waals surface area contributed by atoms with Crippen LogP contribution in [0.25, 0.3) is 0 Å². The second kappa shape index (κ2) is 9.56. The smallest absolute Gasteiger partial charge is 0.402 e. The van der Waals surface area contributed by atoms with Gasteiger partial charge >= 0.3 is 7.12 Å². The van der Waals surface area contributed by atoms with Crippen LogP contribution in [0.4, 0.5) is 0 Å². The molecule has 0 aromatic carbocycles. The second-order valence-electron chi connectivity index (χ2n) is 7.95. The highest BCUT2D eigenvalue weighted by atomic mass is 35.5. The summed E-state index contributed by atoms with van der Waals surface area (Å²) in [6.07, 6.45) is 0.609. The van der Waals surface area contributed by atoms with Gasteiger partial charge in [-0.3, -0.25) is 9.59 Å². The number of hydrogen-bond donors (Lipinski definition) is 2. The monoisotopic (exact) mass is 405 g/mol. The average molecular weight is 406 g/mol. The van der Waals surface area contributed by atoms with Crippen molar-refractivity contribution in [3.63, 3.8) is 0 Å². The first kappa shape index (κ1) is 24.2. The molecule has 2 aliphatic heterocycles. The first-order valence-corrected chi connectivity index (χ1v) is 9.34. The molecule has 2 fully saturated rings. The Morgan fingerprint density at radius 3 is 2.15 bits per heavy atom. The molecule has 10 heteroatoms. The number of nitrogens with zero attached hydrogens (tertiary/aromatic N) is 1. The highest BCUT2D eigenvalue weighted by Crippen LogP contribution is 2.37. The van der Waals surface area contributed by atoms with Crippen molar-refractivity contribution in [1.82, 2.24) is 10.2 Å². The van der Waals surface area contributed by atoms with Crippen LogP contribution in [-0.2, 0) is 23.6 Å². The van der Waals surface area contributed by atoms with Gasteiger partial charge in [-0.25, -0.2) is 0 Å². The minimum absolute atomic E-state index is 0. The third-order valence-electron chi connectivity index (χ3n) is 5.46. The topological polar surface area (TPSA) is 103 Å². The maximum Gasteiger partial charge on any atom is 0.481 e. The van der Waals surface area contributed by atoms with Gasteiger partial charge < -0.3 is 30.0 Å².